The molecule has 0 unspecified atom stereocenters. The van der Waals surface area contributed by atoms with Crippen molar-refractivity contribution in [3.63, 3.8) is 0 Å². The largest absolute Gasteiger partial charge is 0.388 e. The molecule has 0 saturated carbocycles. The van der Waals surface area contributed by atoms with Crippen LogP contribution in [0.3, 0.4) is 0 Å². The monoisotopic (exact) mass is 305 g/mol. The molecule has 0 aliphatic carbocycles. The van der Waals surface area contributed by atoms with Crippen molar-refractivity contribution in [3.05, 3.63) is 20.8 Å². The minimum absolute atomic E-state index is 0.577. The highest BCUT2D eigenvalue weighted by atomic mass is 79.9. The lowest BCUT2D eigenvalue weighted by atomic mass is 9.94. The fourth-order valence-corrected chi connectivity index (χ4v) is 3.25. The van der Waals surface area contributed by atoms with E-state index in [0.29, 0.717) is 19.8 Å². The first-order valence-corrected chi connectivity index (χ1v) is 7.04. The van der Waals surface area contributed by atoms with Gasteiger partial charge in [0.25, 0.3) is 0 Å². The van der Waals surface area contributed by atoms with Crippen molar-refractivity contribution < 1.29 is 9.84 Å². The van der Waals surface area contributed by atoms with Gasteiger partial charge in [-0.2, -0.15) is 0 Å². The third-order valence-electron chi connectivity index (χ3n) is 2.81. The van der Waals surface area contributed by atoms with Crippen LogP contribution in [0.4, 0.5) is 0 Å². The molecule has 90 valence electrons. The van der Waals surface area contributed by atoms with Gasteiger partial charge in [-0.05, 0) is 28.1 Å². The summed E-state index contributed by atoms with van der Waals surface area (Å²) in [6.45, 7) is 2.80. The number of aliphatic hydroxyl groups is 1. The van der Waals surface area contributed by atoms with Crippen LogP contribution in [0.25, 0.3) is 0 Å². The molecule has 3 nitrogen and oxygen atoms in total. The lowest BCUT2D eigenvalue weighted by Crippen LogP contribution is -2.44. The molecule has 5 heteroatoms. The van der Waals surface area contributed by atoms with E-state index in [1.54, 1.807) is 11.3 Å². The first-order chi connectivity index (χ1) is 7.68. The second-order valence-corrected chi connectivity index (χ2v) is 6.69. The number of hydrogen-bond acceptors (Lipinski definition) is 4. The molecule has 2 heterocycles. The Bertz CT molecular complexity index is 336. The Balaban J connectivity index is 1.74. The first-order valence-electron chi connectivity index (χ1n) is 5.43. The minimum atomic E-state index is -0.577. The Morgan fingerprint density at radius 2 is 2.19 bits per heavy atom. The molecule has 0 aromatic carbocycles. The highest BCUT2D eigenvalue weighted by Gasteiger charge is 2.29. The zero-order chi connectivity index (χ0) is 11.4. The van der Waals surface area contributed by atoms with Crippen molar-refractivity contribution in [2.24, 2.45) is 0 Å². The zero-order valence-electron chi connectivity index (χ0n) is 9.04. The summed E-state index contributed by atoms with van der Waals surface area (Å²) in [6.07, 6.45) is 1.46. The predicted octanol–water partition coefficient (Wildman–Crippen LogP) is 2.14. The SMILES string of the molecule is OC1(CNCc2ccc(Br)s2)CCOCC1. The van der Waals surface area contributed by atoms with Crippen molar-refractivity contribution in [3.8, 4) is 0 Å². The average molecular weight is 306 g/mol. The van der Waals surface area contributed by atoms with Crippen molar-refractivity contribution in [2.45, 2.75) is 25.0 Å². The van der Waals surface area contributed by atoms with Gasteiger partial charge in [-0.1, -0.05) is 0 Å². The number of ether oxygens (including phenoxy) is 1. The number of thiophene rings is 1. The van der Waals surface area contributed by atoms with Gasteiger partial charge in [0.15, 0.2) is 0 Å². The van der Waals surface area contributed by atoms with E-state index in [0.717, 1.165) is 23.2 Å². The molecule has 0 amide bonds. The van der Waals surface area contributed by atoms with Gasteiger partial charge in [-0.15, -0.1) is 11.3 Å². The lowest BCUT2D eigenvalue weighted by molar-refractivity contribution is -0.0616. The Hall–Kier alpha value is 0.0600. The van der Waals surface area contributed by atoms with Gasteiger partial charge in [-0.3, -0.25) is 0 Å². The first kappa shape index (κ1) is 12.5. The second kappa shape index (κ2) is 5.60. The molecular weight excluding hydrogens is 290 g/mol. The van der Waals surface area contributed by atoms with Crippen molar-refractivity contribution in [2.75, 3.05) is 19.8 Å². The molecule has 1 aromatic heterocycles. The normalized spacial score (nSPS) is 19.9. The van der Waals surface area contributed by atoms with Gasteiger partial charge in [0.1, 0.15) is 0 Å². The third kappa shape index (κ3) is 3.53. The molecule has 1 aromatic rings. The van der Waals surface area contributed by atoms with E-state index >= 15 is 0 Å². The van der Waals surface area contributed by atoms with Crippen LogP contribution in [0.1, 0.15) is 17.7 Å². The van der Waals surface area contributed by atoms with Crippen LogP contribution < -0.4 is 5.32 Å². The van der Waals surface area contributed by atoms with Crippen molar-refractivity contribution in [1.82, 2.24) is 5.32 Å². The van der Waals surface area contributed by atoms with Crippen molar-refractivity contribution >= 4 is 27.3 Å². The fourth-order valence-electron chi connectivity index (χ4n) is 1.79. The number of nitrogens with one attached hydrogen (secondary N) is 1. The van der Waals surface area contributed by atoms with E-state index in [1.165, 1.54) is 4.88 Å². The van der Waals surface area contributed by atoms with Crippen LogP contribution in [0.2, 0.25) is 0 Å². The van der Waals surface area contributed by atoms with Crippen LogP contribution in [0, 0.1) is 0 Å². The summed E-state index contributed by atoms with van der Waals surface area (Å²) in [5.74, 6) is 0. The summed E-state index contributed by atoms with van der Waals surface area (Å²) >= 11 is 5.16. The molecule has 0 spiro atoms. The molecule has 1 aliphatic rings. The third-order valence-corrected chi connectivity index (χ3v) is 4.43. The summed E-state index contributed by atoms with van der Waals surface area (Å²) in [5.41, 5.74) is -0.577. The van der Waals surface area contributed by atoms with Gasteiger partial charge in [0, 0.05) is 44.0 Å². The quantitative estimate of drug-likeness (QED) is 0.895. The zero-order valence-corrected chi connectivity index (χ0v) is 11.4. The summed E-state index contributed by atoms with van der Waals surface area (Å²) in [5, 5.41) is 13.5. The Morgan fingerprint density at radius 1 is 1.44 bits per heavy atom. The molecule has 1 fully saturated rings. The number of hydrogen-bond donors (Lipinski definition) is 2. The summed E-state index contributed by atoms with van der Waals surface area (Å²) < 4.78 is 6.39. The maximum absolute atomic E-state index is 10.2. The van der Waals surface area contributed by atoms with Crippen molar-refractivity contribution in [1.29, 1.82) is 0 Å². The Kier molecular flexibility index (Phi) is 4.38. The van der Waals surface area contributed by atoms with E-state index in [1.807, 2.05) is 6.07 Å². The minimum Gasteiger partial charge on any atom is -0.388 e. The van der Waals surface area contributed by atoms with Crippen LogP contribution in [0.5, 0.6) is 0 Å². The standard InChI is InChI=1S/C11H16BrNO2S/c12-10-2-1-9(16-10)7-13-8-11(14)3-5-15-6-4-11/h1-2,13-14H,3-8H2. The van der Waals surface area contributed by atoms with E-state index in [2.05, 4.69) is 27.3 Å². The Labute approximate surface area is 108 Å². The van der Waals surface area contributed by atoms with Crippen LogP contribution in [-0.2, 0) is 11.3 Å². The molecule has 1 saturated heterocycles. The Morgan fingerprint density at radius 3 is 2.81 bits per heavy atom. The molecular formula is C11H16BrNO2S. The van der Waals surface area contributed by atoms with Gasteiger partial charge in [-0.25, -0.2) is 0 Å². The number of halogens is 1. The smallest absolute Gasteiger partial charge is 0.0815 e. The highest BCUT2D eigenvalue weighted by Crippen LogP contribution is 2.23. The molecule has 2 rings (SSSR count). The molecule has 0 radical (unpaired) electrons. The summed E-state index contributed by atoms with van der Waals surface area (Å²) in [7, 11) is 0. The summed E-state index contributed by atoms with van der Waals surface area (Å²) in [6, 6.07) is 4.14. The molecule has 0 atom stereocenters. The van der Waals surface area contributed by atoms with E-state index < -0.39 is 5.60 Å². The molecule has 16 heavy (non-hydrogen) atoms. The summed E-state index contributed by atoms with van der Waals surface area (Å²) in [4.78, 5) is 1.28. The van der Waals surface area contributed by atoms with Gasteiger partial charge >= 0.3 is 0 Å². The fraction of sp³-hybridized carbons (Fsp3) is 0.636. The highest BCUT2D eigenvalue weighted by molar-refractivity contribution is 9.11. The molecule has 2 N–H and O–H groups in total. The van der Waals surface area contributed by atoms with E-state index in [-0.39, 0.29) is 0 Å². The predicted molar refractivity (Wildman–Crippen MR) is 68.7 cm³/mol. The van der Waals surface area contributed by atoms with Gasteiger partial charge < -0.3 is 15.2 Å². The number of rotatable bonds is 4. The van der Waals surface area contributed by atoms with Gasteiger partial charge in [0.05, 0.1) is 9.39 Å². The molecule has 0 bridgehead atoms. The lowest BCUT2D eigenvalue weighted by Gasteiger charge is -2.32. The molecule has 1 aliphatic heterocycles. The van der Waals surface area contributed by atoms with E-state index in [9.17, 15) is 5.11 Å². The van der Waals surface area contributed by atoms with E-state index in [4.69, 9.17) is 4.74 Å². The van der Waals surface area contributed by atoms with Gasteiger partial charge in [0.2, 0.25) is 0 Å². The van der Waals surface area contributed by atoms with Crippen LogP contribution in [0.15, 0.2) is 15.9 Å². The second-order valence-electron chi connectivity index (χ2n) is 4.15. The maximum Gasteiger partial charge on any atom is 0.0815 e. The maximum atomic E-state index is 10.2. The topological polar surface area (TPSA) is 41.5 Å². The van der Waals surface area contributed by atoms with Crippen LogP contribution >= 0.6 is 27.3 Å². The van der Waals surface area contributed by atoms with Crippen LogP contribution in [-0.4, -0.2) is 30.5 Å². The average Bonchev–Trinajstić information content (AvgIpc) is 2.65.